The predicted octanol–water partition coefficient (Wildman–Crippen LogP) is 1.65. The predicted molar refractivity (Wildman–Crippen MR) is 178 cm³/mol. The molecule has 0 amide bonds. The molecule has 0 bridgehead atoms. The molecular formula is C30H66O9Si3. The van der Waals surface area contributed by atoms with Crippen LogP contribution in [0, 0.1) is 11.3 Å². The Bertz CT molecular complexity index is 674. The van der Waals surface area contributed by atoms with Crippen molar-refractivity contribution in [3.05, 3.63) is 0 Å². The molecular weight excluding hydrogens is 589 g/mol. The molecule has 0 N–H and O–H groups in total. The number of rotatable bonds is 24. The van der Waals surface area contributed by atoms with Crippen LogP contribution < -0.4 is 0 Å². The first-order valence-electron chi connectivity index (χ1n) is 16.7. The second-order valence-corrected chi connectivity index (χ2v) is 15.7. The molecule has 12 heteroatoms. The van der Waals surface area contributed by atoms with Gasteiger partial charge in [-0.05, 0) is 81.1 Å². The van der Waals surface area contributed by atoms with Crippen molar-refractivity contribution in [3.8, 4) is 0 Å². The summed E-state index contributed by atoms with van der Waals surface area (Å²) in [7, 11) is 1.88. The lowest BCUT2D eigenvalue weighted by molar-refractivity contribution is -0.353. The van der Waals surface area contributed by atoms with Crippen molar-refractivity contribution in [1.82, 2.24) is 0 Å². The van der Waals surface area contributed by atoms with Crippen LogP contribution in [-0.2, 0) is 42.6 Å². The first kappa shape index (κ1) is 40.3. The van der Waals surface area contributed by atoms with Crippen molar-refractivity contribution in [1.29, 1.82) is 0 Å². The zero-order chi connectivity index (χ0) is 31.9. The van der Waals surface area contributed by atoms with E-state index in [2.05, 4.69) is 20.8 Å². The smallest absolute Gasteiger partial charge is 0.182 e. The Labute approximate surface area is 266 Å². The molecule has 0 aromatic rings. The van der Waals surface area contributed by atoms with Gasteiger partial charge < -0.3 is 42.6 Å². The summed E-state index contributed by atoms with van der Waals surface area (Å²) in [5, 5.41) is -2.34. The molecule has 1 saturated carbocycles. The van der Waals surface area contributed by atoms with Gasteiger partial charge in [-0.3, -0.25) is 0 Å². The number of ether oxygens (including phenoxy) is 9. The van der Waals surface area contributed by atoms with Gasteiger partial charge in [-0.15, -0.1) is 0 Å². The van der Waals surface area contributed by atoms with Crippen LogP contribution in [0.3, 0.4) is 0 Å². The summed E-state index contributed by atoms with van der Waals surface area (Å²) >= 11 is 0. The first-order valence-corrected chi connectivity index (χ1v) is 19.7. The van der Waals surface area contributed by atoms with E-state index in [9.17, 15) is 0 Å². The Balaban J connectivity index is 4.40. The zero-order valence-electron chi connectivity index (χ0n) is 29.2. The lowest BCUT2D eigenvalue weighted by Crippen LogP contribution is -2.79. The van der Waals surface area contributed by atoms with E-state index >= 15 is 0 Å². The molecule has 1 aliphatic rings. The van der Waals surface area contributed by atoms with Crippen LogP contribution in [0.4, 0.5) is 0 Å². The SMILES string of the molecule is CCOC(OCC)C([SiH3])(OCC)C1CCCCC1(C([SiH3])(OCC)C(OCC)OCC)C([SiH3])(OCC)C(OCC)OCC. The maximum atomic E-state index is 7.06. The fourth-order valence-corrected chi connectivity index (χ4v) is 13.0. The molecule has 0 saturated heterocycles. The third-order valence-corrected chi connectivity index (χ3v) is 13.8. The third kappa shape index (κ3) is 8.35. The molecule has 0 spiro atoms. The summed E-state index contributed by atoms with van der Waals surface area (Å²) in [5.41, 5.74) is -0.657. The summed E-state index contributed by atoms with van der Waals surface area (Å²) in [6, 6.07) is 0. The Kier molecular flexibility index (Phi) is 18.9. The van der Waals surface area contributed by atoms with Crippen LogP contribution in [0.2, 0.25) is 0 Å². The highest BCUT2D eigenvalue weighted by molar-refractivity contribution is 6.20. The maximum Gasteiger partial charge on any atom is 0.182 e. The normalized spacial score (nSPS) is 24.4. The van der Waals surface area contributed by atoms with Gasteiger partial charge in [0.1, 0.15) is 15.7 Å². The highest BCUT2D eigenvalue weighted by Crippen LogP contribution is 2.62. The Hall–Kier alpha value is 0.291. The Morgan fingerprint density at radius 2 is 0.881 bits per heavy atom. The van der Waals surface area contributed by atoms with Gasteiger partial charge in [-0.2, -0.15) is 0 Å². The Morgan fingerprint density at radius 1 is 0.524 bits per heavy atom. The van der Waals surface area contributed by atoms with Crippen LogP contribution in [0.25, 0.3) is 0 Å². The van der Waals surface area contributed by atoms with Crippen LogP contribution >= 0.6 is 0 Å². The molecule has 9 nitrogen and oxygen atoms in total. The summed E-state index contributed by atoms with van der Waals surface area (Å²) < 4.78 is 59.9. The zero-order valence-corrected chi connectivity index (χ0v) is 35.2. The fraction of sp³-hybridized carbons (Fsp3) is 1.00. The monoisotopic (exact) mass is 654 g/mol. The van der Waals surface area contributed by atoms with Crippen molar-refractivity contribution in [2.45, 2.75) is 123 Å². The molecule has 4 unspecified atom stereocenters. The molecule has 0 radical (unpaired) electrons. The minimum atomic E-state index is -0.821. The summed E-state index contributed by atoms with van der Waals surface area (Å²) in [6.45, 7) is 22.9. The van der Waals surface area contributed by atoms with Crippen molar-refractivity contribution < 1.29 is 42.6 Å². The highest BCUT2D eigenvalue weighted by atomic mass is 28.2. The Morgan fingerprint density at radius 3 is 1.21 bits per heavy atom. The van der Waals surface area contributed by atoms with E-state index in [1.165, 1.54) is 0 Å². The summed E-state index contributed by atoms with van der Waals surface area (Å²) in [5.74, 6) is -0.0617. The van der Waals surface area contributed by atoms with Gasteiger partial charge >= 0.3 is 0 Å². The topological polar surface area (TPSA) is 83.1 Å². The minimum Gasteiger partial charge on any atom is -0.374 e. The largest absolute Gasteiger partial charge is 0.374 e. The lowest BCUT2D eigenvalue weighted by Gasteiger charge is -2.67. The highest BCUT2D eigenvalue weighted by Gasteiger charge is 2.73. The molecule has 0 aromatic carbocycles. The minimum absolute atomic E-state index is 0.0617. The standard InChI is InChI=1S/C30H66O9Si3/c1-10-31-24(32-11-2)28(40,37-16-7)23-21-19-20-22-27(23,29(41,38-17-8)25(33-12-3)34-13-4)30(42,39-18-9)26(35-14-5)36-15-6/h23-26H,10-22H2,1-9,40-42H3. The van der Waals surface area contributed by atoms with E-state index in [1.54, 1.807) is 0 Å². The van der Waals surface area contributed by atoms with E-state index in [-0.39, 0.29) is 5.92 Å². The number of hydrogen-bond acceptors (Lipinski definition) is 9. The van der Waals surface area contributed by atoms with Gasteiger partial charge in [0.15, 0.2) is 18.9 Å². The van der Waals surface area contributed by atoms with E-state index in [0.717, 1.165) is 25.7 Å². The van der Waals surface area contributed by atoms with E-state index in [1.807, 2.05) is 41.5 Å². The van der Waals surface area contributed by atoms with Crippen LogP contribution in [-0.4, -0.2) is 125 Å². The fourth-order valence-electron chi connectivity index (χ4n) is 7.71. The average Bonchev–Trinajstić information content (AvgIpc) is 2.97. The van der Waals surface area contributed by atoms with Crippen LogP contribution in [0.1, 0.15) is 88.0 Å². The van der Waals surface area contributed by atoms with Gasteiger partial charge in [0.25, 0.3) is 0 Å². The molecule has 1 rings (SSSR count). The molecule has 0 aromatic heterocycles. The lowest BCUT2D eigenvalue weighted by atomic mass is 9.56. The molecule has 1 aliphatic carbocycles. The molecule has 42 heavy (non-hydrogen) atoms. The van der Waals surface area contributed by atoms with Gasteiger partial charge in [0, 0.05) is 64.9 Å². The van der Waals surface area contributed by atoms with Crippen LogP contribution in [0.15, 0.2) is 0 Å². The maximum absolute atomic E-state index is 7.06. The number of hydrogen-bond donors (Lipinski definition) is 0. The molecule has 0 heterocycles. The molecule has 0 aliphatic heterocycles. The first-order chi connectivity index (χ1) is 20.1. The van der Waals surface area contributed by atoms with Crippen molar-refractivity contribution >= 4 is 30.7 Å². The van der Waals surface area contributed by atoms with E-state index < -0.39 is 40.0 Å². The van der Waals surface area contributed by atoms with E-state index in [0.29, 0.717) is 90.2 Å². The average molecular weight is 655 g/mol. The van der Waals surface area contributed by atoms with Gasteiger partial charge in [0.2, 0.25) is 0 Å². The van der Waals surface area contributed by atoms with Gasteiger partial charge in [0.05, 0.1) is 30.7 Å². The summed E-state index contributed by atoms with van der Waals surface area (Å²) in [6.07, 6.45) is 2.09. The quantitative estimate of drug-likeness (QED) is 0.114. The third-order valence-electron chi connectivity index (χ3n) is 8.99. The van der Waals surface area contributed by atoms with Gasteiger partial charge in [-0.25, -0.2) is 0 Å². The van der Waals surface area contributed by atoms with Crippen LogP contribution in [0.5, 0.6) is 0 Å². The van der Waals surface area contributed by atoms with Crippen molar-refractivity contribution in [2.24, 2.45) is 11.3 Å². The summed E-state index contributed by atoms with van der Waals surface area (Å²) in [4.78, 5) is 0. The molecule has 4 atom stereocenters. The molecule has 252 valence electrons. The van der Waals surface area contributed by atoms with Crippen molar-refractivity contribution in [2.75, 3.05) is 59.5 Å². The van der Waals surface area contributed by atoms with Crippen molar-refractivity contribution in [3.63, 3.8) is 0 Å². The second-order valence-electron chi connectivity index (χ2n) is 11.2. The van der Waals surface area contributed by atoms with Gasteiger partial charge in [-0.1, -0.05) is 12.8 Å². The second kappa shape index (κ2) is 19.7. The van der Waals surface area contributed by atoms with E-state index in [4.69, 9.17) is 42.6 Å². The molecule has 1 fully saturated rings.